The Morgan fingerprint density at radius 2 is 2.32 bits per heavy atom. The summed E-state index contributed by atoms with van der Waals surface area (Å²) in [5, 5.41) is 8.40. The van der Waals surface area contributed by atoms with Gasteiger partial charge in [-0.3, -0.25) is 4.79 Å². The lowest BCUT2D eigenvalue weighted by Gasteiger charge is -2.20. The summed E-state index contributed by atoms with van der Waals surface area (Å²) in [5.41, 5.74) is 0.914. The van der Waals surface area contributed by atoms with E-state index in [-0.39, 0.29) is 24.6 Å². The van der Waals surface area contributed by atoms with Crippen LogP contribution in [0.5, 0.6) is 5.75 Å². The molecule has 2 heterocycles. The average Bonchev–Trinajstić information content (AvgIpc) is 2.98. The lowest BCUT2D eigenvalue weighted by Crippen LogP contribution is -2.35. The maximum absolute atomic E-state index is 11.9. The summed E-state index contributed by atoms with van der Waals surface area (Å²) >= 11 is 6.09. The van der Waals surface area contributed by atoms with Gasteiger partial charge in [-0.15, -0.1) is 0 Å². The molecule has 3 rings (SSSR count). The first-order valence-electron chi connectivity index (χ1n) is 7.04. The largest absolute Gasteiger partial charge is 0.480 e. The van der Waals surface area contributed by atoms with E-state index in [1.807, 2.05) is 0 Å². The molecule has 0 aliphatic carbocycles. The van der Waals surface area contributed by atoms with E-state index < -0.39 is 0 Å². The maximum Gasteiger partial charge on any atom is 0.319 e. The Labute approximate surface area is 132 Å². The first-order chi connectivity index (χ1) is 10.6. The molecule has 0 saturated carbocycles. The van der Waals surface area contributed by atoms with Crippen LogP contribution < -0.4 is 20.7 Å². The monoisotopic (exact) mass is 325 g/mol. The van der Waals surface area contributed by atoms with Crippen LogP contribution >= 0.6 is 11.6 Å². The highest BCUT2D eigenvalue weighted by Crippen LogP contribution is 2.38. The Morgan fingerprint density at radius 1 is 1.45 bits per heavy atom. The molecule has 0 spiro atoms. The molecular weight excluding hydrogens is 310 g/mol. The summed E-state index contributed by atoms with van der Waals surface area (Å²) in [6, 6.07) is 2.82. The van der Waals surface area contributed by atoms with Crippen LogP contribution in [0.25, 0.3) is 0 Å². The van der Waals surface area contributed by atoms with Crippen LogP contribution in [0.4, 0.5) is 16.2 Å². The van der Waals surface area contributed by atoms with E-state index in [0.717, 1.165) is 19.4 Å². The zero-order valence-corrected chi connectivity index (χ0v) is 12.5. The number of halogens is 1. The predicted octanol–water partition coefficient (Wildman–Crippen LogP) is 1.97. The normalized spacial score (nSPS) is 19.9. The number of carbonyl (C=O) groups is 2. The van der Waals surface area contributed by atoms with Crippen LogP contribution in [-0.4, -0.2) is 37.8 Å². The summed E-state index contributed by atoms with van der Waals surface area (Å²) in [7, 11) is 0. The van der Waals surface area contributed by atoms with Gasteiger partial charge in [-0.2, -0.15) is 0 Å². The number of nitrogens with one attached hydrogen (secondary N) is 3. The predicted molar refractivity (Wildman–Crippen MR) is 81.6 cm³/mol. The second-order valence-corrected chi connectivity index (χ2v) is 5.55. The van der Waals surface area contributed by atoms with Gasteiger partial charge in [-0.05, 0) is 25.0 Å². The van der Waals surface area contributed by atoms with Gasteiger partial charge in [0.25, 0.3) is 5.91 Å². The fraction of sp³-hybridized carbons (Fsp3) is 0.429. The van der Waals surface area contributed by atoms with Crippen molar-refractivity contribution in [1.29, 1.82) is 0 Å². The van der Waals surface area contributed by atoms with Crippen LogP contribution in [0.2, 0.25) is 5.02 Å². The first-order valence-corrected chi connectivity index (χ1v) is 7.42. The molecule has 118 valence electrons. The van der Waals surface area contributed by atoms with Crippen molar-refractivity contribution in [3.63, 3.8) is 0 Å². The van der Waals surface area contributed by atoms with Gasteiger partial charge < -0.3 is 25.4 Å². The third-order valence-corrected chi connectivity index (χ3v) is 3.72. The molecule has 0 aromatic heterocycles. The summed E-state index contributed by atoms with van der Waals surface area (Å²) in [6.45, 7) is 1.14. The van der Waals surface area contributed by atoms with Crippen LogP contribution in [0, 0.1) is 0 Å². The lowest BCUT2D eigenvalue weighted by atomic mass is 10.2. The third kappa shape index (κ3) is 3.42. The number of hydrogen-bond acceptors (Lipinski definition) is 4. The molecule has 8 heteroatoms. The summed E-state index contributed by atoms with van der Waals surface area (Å²) in [4.78, 5) is 23.2. The van der Waals surface area contributed by atoms with Gasteiger partial charge in [0.15, 0.2) is 12.4 Å². The van der Waals surface area contributed by atoms with Gasteiger partial charge in [0.1, 0.15) is 0 Å². The maximum atomic E-state index is 11.9. The zero-order chi connectivity index (χ0) is 15.5. The van der Waals surface area contributed by atoms with Gasteiger partial charge in [0.05, 0.1) is 16.8 Å². The molecule has 2 aliphatic heterocycles. The number of fused-ring (bicyclic) bond motifs is 1. The minimum absolute atomic E-state index is 0.0681. The van der Waals surface area contributed by atoms with Crippen molar-refractivity contribution in [3.8, 4) is 5.75 Å². The van der Waals surface area contributed by atoms with Gasteiger partial charge in [-0.25, -0.2) is 4.79 Å². The van der Waals surface area contributed by atoms with E-state index in [0.29, 0.717) is 28.7 Å². The number of anilines is 2. The van der Waals surface area contributed by atoms with Crippen LogP contribution in [0.3, 0.4) is 0 Å². The van der Waals surface area contributed by atoms with Gasteiger partial charge >= 0.3 is 6.03 Å². The summed E-state index contributed by atoms with van der Waals surface area (Å²) in [5.74, 6) is 0.148. The van der Waals surface area contributed by atoms with Gasteiger partial charge in [0, 0.05) is 18.8 Å². The average molecular weight is 326 g/mol. The molecular formula is C14H16ClN3O4. The molecule has 22 heavy (non-hydrogen) atoms. The molecule has 1 atom stereocenters. The second kappa shape index (κ2) is 6.41. The lowest BCUT2D eigenvalue weighted by molar-refractivity contribution is -0.118. The Kier molecular flexibility index (Phi) is 4.35. The Balaban J connectivity index is 1.62. The van der Waals surface area contributed by atoms with E-state index in [1.54, 1.807) is 12.1 Å². The molecule has 3 N–H and O–H groups in total. The minimum Gasteiger partial charge on any atom is -0.480 e. The number of hydrogen-bond donors (Lipinski definition) is 3. The Hall–Kier alpha value is -1.99. The number of carbonyl (C=O) groups excluding carboxylic acids is 2. The Bertz CT molecular complexity index is 602. The minimum atomic E-state index is -0.352. The topological polar surface area (TPSA) is 88.7 Å². The molecule has 3 amide bonds. The molecule has 0 radical (unpaired) electrons. The molecule has 0 bridgehead atoms. The Morgan fingerprint density at radius 3 is 3.09 bits per heavy atom. The number of amides is 3. The third-order valence-electron chi connectivity index (χ3n) is 3.44. The standard InChI is InChI=1S/C14H16ClN3O4/c15-10-4-8(5-11-13(10)22-7-12(19)18-11)17-14(20)16-6-9-2-1-3-21-9/h4-5,9H,1-3,6-7H2,(H,18,19)(H2,16,17,20). The van der Waals surface area contributed by atoms with Crippen molar-refractivity contribution in [2.45, 2.75) is 18.9 Å². The highest BCUT2D eigenvalue weighted by atomic mass is 35.5. The second-order valence-electron chi connectivity index (χ2n) is 5.14. The molecule has 1 saturated heterocycles. The summed E-state index contributed by atoms with van der Waals surface area (Å²) < 4.78 is 10.7. The van der Waals surface area contributed by atoms with E-state index in [4.69, 9.17) is 21.1 Å². The number of rotatable bonds is 3. The van der Waals surface area contributed by atoms with Crippen molar-refractivity contribution >= 4 is 34.9 Å². The van der Waals surface area contributed by atoms with E-state index in [2.05, 4.69) is 16.0 Å². The number of benzene rings is 1. The SMILES string of the molecule is O=C1COc2c(Cl)cc(NC(=O)NCC3CCCO3)cc2N1. The quantitative estimate of drug-likeness (QED) is 0.792. The van der Waals surface area contributed by atoms with Crippen molar-refractivity contribution in [2.24, 2.45) is 0 Å². The molecule has 1 unspecified atom stereocenters. The number of ether oxygens (including phenoxy) is 2. The van der Waals surface area contributed by atoms with Crippen molar-refractivity contribution < 1.29 is 19.1 Å². The first kappa shape index (κ1) is 14.9. The zero-order valence-electron chi connectivity index (χ0n) is 11.8. The highest BCUT2D eigenvalue weighted by molar-refractivity contribution is 6.33. The van der Waals surface area contributed by atoms with Crippen molar-refractivity contribution in [3.05, 3.63) is 17.2 Å². The van der Waals surface area contributed by atoms with Gasteiger partial charge in [-0.1, -0.05) is 11.6 Å². The smallest absolute Gasteiger partial charge is 0.319 e. The molecule has 7 nitrogen and oxygen atoms in total. The molecule has 1 fully saturated rings. The molecule has 1 aromatic rings. The van der Waals surface area contributed by atoms with Gasteiger partial charge in [0.2, 0.25) is 0 Å². The highest BCUT2D eigenvalue weighted by Gasteiger charge is 2.20. The van der Waals surface area contributed by atoms with Crippen molar-refractivity contribution in [2.75, 3.05) is 30.4 Å². The van der Waals surface area contributed by atoms with E-state index in [9.17, 15) is 9.59 Å². The van der Waals surface area contributed by atoms with Crippen molar-refractivity contribution in [1.82, 2.24) is 5.32 Å². The van der Waals surface area contributed by atoms with E-state index in [1.165, 1.54) is 0 Å². The van der Waals surface area contributed by atoms with Crippen LogP contribution in [-0.2, 0) is 9.53 Å². The van der Waals surface area contributed by atoms with E-state index >= 15 is 0 Å². The molecule has 1 aromatic carbocycles. The fourth-order valence-corrected chi connectivity index (χ4v) is 2.69. The number of urea groups is 1. The van der Waals surface area contributed by atoms with Crippen LogP contribution in [0.15, 0.2) is 12.1 Å². The fourth-order valence-electron chi connectivity index (χ4n) is 2.42. The molecule has 2 aliphatic rings. The van der Waals surface area contributed by atoms with Crippen LogP contribution in [0.1, 0.15) is 12.8 Å². The summed E-state index contributed by atoms with van der Waals surface area (Å²) in [6.07, 6.45) is 2.05.